The molecule has 0 radical (unpaired) electrons. The highest BCUT2D eigenvalue weighted by atomic mass is 16.5. The van der Waals surface area contributed by atoms with E-state index in [2.05, 4.69) is 15.1 Å². The van der Waals surface area contributed by atoms with Gasteiger partial charge < -0.3 is 29.9 Å². The van der Waals surface area contributed by atoms with E-state index in [1.165, 1.54) is 0 Å². The molecular weight excluding hydrogens is 540 g/mol. The molecule has 2 aromatic rings. The normalized spacial score (nSPS) is 20.3. The molecule has 11 heteroatoms. The molecule has 4 rings (SSSR count). The second-order valence-corrected chi connectivity index (χ2v) is 11.3. The molecular formula is C31H42N4O7. The third-order valence-corrected chi connectivity index (χ3v) is 7.85. The average molecular weight is 583 g/mol. The standard InChI is InChI=1S/C31H42N4O7/c1-21-17-35(22(2)20-36)30(38)26-16-25(32-29(37)10-11-34-12-14-41-15-13-34)8-9-27(26)42-28(21)19-33(3)18-23-4-6-24(7-5-23)31(39)40/h4-9,16,21-22,28,36H,10-15,17-20H2,1-3H3,(H,32,37)(H,39,40)/t21-,22+,28-/m0/s1. The molecule has 2 aliphatic rings. The highest BCUT2D eigenvalue weighted by Crippen LogP contribution is 2.31. The SMILES string of the molecule is C[C@H](CO)N1C[C@H](C)[C@H](CN(C)Cc2ccc(C(=O)O)cc2)Oc2ccc(NC(=O)CCN3CCOCC3)cc2C1=O. The molecule has 11 nitrogen and oxygen atoms in total. The summed E-state index contributed by atoms with van der Waals surface area (Å²) in [6, 6.07) is 11.5. The molecule has 2 amide bonds. The van der Waals surface area contributed by atoms with Crippen LogP contribution >= 0.6 is 0 Å². The van der Waals surface area contributed by atoms with Crippen molar-refractivity contribution < 1.29 is 34.1 Å². The van der Waals surface area contributed by atoms with Crippen LogP contribution in [0.1, 0.15) is 46.5 Å². The van der Waals surface area contributed by atoms with Crippen molar-refractivity contribution in [2.75, 3.05) is 64.9 Å². The number of carbonyl (C=O) groups is 3. The van der Waals surface area contributed by atoms with E-state index in [-0.39, 0.29) is 36.0 Å². The van der Waals surface area contributed by atoms with Gasteiger partial charge in [0, 0.05) is 57.3 Å². The zero-order valence-corrected chi connectivity index (χ0v) is 24.6. The Hall–Kier alpha value is -3.51. The molecule has 228 valence electrons. The number of ether oxygens (including phenoxy) is 2. The minimum absolute atomic E-state index is 0.0486. The van der Waals surface area contributed by atoms with E-state index in [4.69, 9.17) is 14.6 Å². The first-order valence-corrected chi connectivity index (χ1v) is 14.5. The van der Waals surface area contributed by atoms with Crippen molar-refractivity contribution in [2.45, 2.75) is 39.0 Å². The summed E-state index contributed by atoms with van der Waals surface area (Å²) in [6.07, 6.45) is 0.0580. The second-order valence-electron chi connectivity index (χ2n) is 11.3. The number of anilines is 1. The molecule has 0 bridgehead atoms. The molecule has 3 atom stereocenters. The van der Waals surface area contributed by atoms with Gasteiger partial charge in [-0.05, 0) is 49.9 Å². The summed E-state index contributed by atoms with van der Waals surface area (Å²) in [7, 11) is 1.97. The van der Waals surface area contributed by atoms with Crippen LogP contribution in [0.2, 0.25) is 0 Å². The topological polar surface area (TPSA) is 132 Å². The zero-order valence-electron chi connectivity index (χ0n) is 24.6. The van der Waals surface area contributed by atoms with Crippen LogP contribution in [-0.2, 0) is 16.1 Å². The largest absolute Gasteiger partial charge is 0.488 e. The summed E-state index contributed by atoms with van der Waals surface area (Å²) >= 11 is 0. The lowest BCUT2D eigenvalue weighted by atomic mass is 9.99. The molecule has 2 aromatic carbocycles. The lowest BCUT2D eigenvalue weighted by Gasteiger charge is -2.38. The summed E-state index contributed by atoms with van der Waals surface area (Å²) < 4.78 is 11.8. The van der Waals surface area contributed by atoms with Crippen LogP contribution in [0.25, 0.3) is 0 Å². The van der Waals surface area contributed by atoms with Crippen molar-refractivity contribution in [2.24, 2.45) is 5.92 Å². The van der Waals surface area contributed by atoms with Crippen molar-refractivity contribution in [3.8, 4) is 5.75 Å². The Kier molecular flexibility index (Phi) is 10.9. The molecule has 0 spiro atoms. The Labute approximate surface area is 247 Å². The Morgan fingerprint density at radius 2 is 1.86 bits per heavy atom. The summed E-state index contributed by atoms with van der Waals surface area (Å²) in [5.74, 6) is -0.971. The molecule has 1 saturated heterocycles. The van der Waals surface area contributed by atoms with Gasteiger partial charge in [-0.1, -0.05) is 19.1 Å². The van der Waals surface area contributed by atoms with Gasteiger partial charge in [0.05, 0.1) is 37.0 Å². The van der Waals surface area contributed by atoms with Gasteiger partial charge in [-0.2, -0.15) is 0 Å². The van der Waals surface area contributed by atoms with Crippen molar-refractivity contribution in [1.29, 1.82) is 0 Å². The van der Waals surface area contributed by atoms with Gasteiger partial charge >= 0.3 is 5.97 Å². The minimum atomic E-state index is -0.961. The fourth-order valence-corrected chi connectivity index (χ4v) is 5.26. The Bertz CT molecular complexity index is 1230. The van der Waals surface area contributed by atoms with Crippen LogP contribution in [-0.4, -0.2) is 114 Å². The molecule has 0 unspecified atom stereocenters. The van der Waals surface area contributed by atoms with Crippen LogP contribution in [0, 0.1) is 5.92 Å². The molecule has 3 N–H and O–H groups in total. The monoisotopic (exact) mass is 582 g/mol. The smallest absolute Gasteiger partial charge is 0.335 e. The van der Waals surface area contributed by atoms with Gasteiger partial charge in [0.1, 0.15) is 11.9 Å². The number of benzene rings is 2. The number of fused-ring (bicyclic) bond motifs is 1. The first kappa shape index (κ1) is 31.4. The number of amides is 2. The minimum Gasteiger partial charge on any atom is -0.488 e. The van der Waals surface area contributed by atoms with E-state index in [9.17, 15) is 19.5 Å². The summed E-state index contributed by atoms with van der Waals surface area (Å²) in [5, 5.41) is 22.0. The molecule has 0 aliphatic carbocycles. The number of nitrogens with one attached hydrogen (secondary N) is 1. The maximum absolute atomic E-state index is 13.7. The number of aromatic carboxylic acids is 1. The highest BCUT2D eigenvalue weighted by Gasteiger charge is 2.33. The van der Waals surface area contributed by atoms with Gasteiger partial charge in [0.15, 0.2) is 0 Å². The zero-order chi connectivity index (χ0) is 30.2. The van der Waals surface area contributed by atoms with Crippen molar-refractivity contribution in [1.82, 2.24) is 14.7 Å². The fourth-order valence-electron chi connectivity index (χ4n) is 5.26. The highest BCUT2D eigenvalue weighted by molar-refractivity contribution is 6.00. The maximum Gasteiger partial charge on any atom is 0.335 e. The predicted octanol–water partition coefficient (Wildman–Crippen LogP) is 2.40. The van der Waals surface area contributed by atoms with E-state index in [1.54, 1.807) is 47.4 Å². The molecule has 2 heterocycles. The number of carboxylic acid groups (broad SMARTS) is 1. The first-order chi connectivity index (χ1) is 20.1. The lowest BCUT2D eigenvalue weighted by molar-refractivity contribution is -0.116. The van der Waals surface area contributed by atoms with Crippen molar-refractivity contribution in [3.05, 3.63) is 59.2 Å². The van der Waals surface area contributed by atoms with Crippen LogP contribution < -0.4 is 10.1 Å². The maximum atomic E-state index is 13.7. The van der Waals surface area contributed by atoms with E-state index in [0.29, 0.717) is 62.8 Å². The third-order valence-electron chi connectivity index (χ3n) is 7.85. The van der Waals surface area contributed by atoms with Gasteiger partial charge in [-0.15, -0.1) is 0 Å². The van der Waals surface area contributed by atoms with Crippen LogP contribution in [0.15, 0.2) is 42.5 Å². The number of nitrogens with zero attached hydrogens (tertiary/aromatic N) is 3. The lowest BCUT2D eigenvalue weighted by Crippen LogP contribution is -2.49. The summed E-state index contributed by atoms with van der Waals surface area (Å²) in [5.41, 5.74) is 2.07. The number of hydrogen-bond donors (Lipinski definition) is 3. The number of aliphatic hydroxyl groups is 1. The van der Waals surface area contributed by atoms with Gasteiger partial charge in [-0.3, -0.25) is 19.4 Å². The van der Waals surface area contributed by atoms with E-state index in [1.807, 2.05) is 20.9 Å². The number of morpholine rings is 1. The number of rotatable bonds is 11. The molecule has 42 heavy (non-hydrogen) atoms. The second kappa shape index (κ2) is 14.6. The molecule has 2 aliphatic heterocycles. The van der Waals surface area contributed by atoms with Gasteiger partial charge in [-0.25, -0.2) is 4.79 Å². The number of likely N-dealkylation sites (N-methyl/N-ethyl adjacent to an activating group) is 1. The van der Waals surface area contributed by atoms with Crippen molar-refractivity contribution >= 4 is 23.5 Å². The first-order valence-electron chi connectivity index (χ1n) is 14.5. The van der Waals surface area contributed by atoms with E-state index in [0.717, 1.165) is 18.7 Å². The van der Waals surface area contributed by atoms with E-state index < -0.39 is 12.0 Å². The number of hydrogen-bond acceptors (Lipinski definition) is 8. The Balaban J connectivity index is 1.49. The molecule has 0 saturated carbocycles. The van der Waals surface area contributed by atoms with Crippen LogP contribution in [0.5, 0.6) is 5.75 Å². The van der Waals surface area contributed by atoms with Gasteiger partial charge in [0.2, 0.25) is 5.91 Å². The van der Waals surface area contributed by atoms with Crippen molar-refractivity contribution in [3.63, 3.8) is 0 Å². The molecule has 1 fully saturated rings. The number of carbonyl (C=O) groups excluding carboxylic acids is 2. The van der Waals surface area contributed by atoms with E-state index >= 15 is 0 Å². The predicted molar refractivity (Wildman–Crippen MR) is 158 cm³/mol. The summed E-state index contributed by atoms with van der Waals surface area (Å²) in [6.45, 7) is 8.79. The fraction of sp³-hybridized carbons (Fsp3) is 0.516. The average Bonchev–Trinajstić information content (AvgIpc) is 2.98. The Morgan fingerprint density at radius 3 is 2.52 bits per heavy atom. The Morgan fingerprint density at radius 1 is 1.14 bits per heavy atom. The quantitative estimate of drug-likeness (QED) is 0.365. The third kappa shape index (κ3) is 8.28. The van der Waals surface area contributed by atoms with Crippen LogP contribution in [0.4, 0.5) is 5.69 Å². The molecule has 0 aromatic heterocycles. The number of aliphatic hydroxyl groups excluding tert-OH is 1. The summed E-state index contributed by atoms with van der Waals surface area (Å²) in [4.78, 5) is 43.6. The van der Waals surface area contributed by atoms with Gasteiger partial charge in [0.25, 0.3) is 5.91 Å². The van der Waals surface area contributed by atoms with Crippen LogP contribution in [0.3, 0.4) is 0 Å². The number of carboxylic acids is 1.